The summed E-state index contributed by atoms with van der Waals surface area (Å²) in [6.45, 7) is -1.55. The third kappa shape index (κ3) is 11.3. The van der Waals surface area contributed by atoms with E-state index in [0.29, 0.717) is 17.3 Å². The van der Waals surface area contributed by atoms with Crippen LogP contribution in [0.2, 0.25) is 0 Å². The van der Waals surface area contributed by atoms with Crippen LogP contribution in [0.15, 0.2) is 14.4 Å². The minimum Gasteiger partial charge on any atom is -0.464 e. The topological polar surface area (TPSA) is 145 Å². The Hall–Kier alpha value is -2.13. The molecule has 0 bridgehead atoms. The molecule has 0 N–H and O–H groups in total. The minimum atomic E-state index is -0.918. The molecule has 1 rings (SSSR count). The average Bonchev–Trinajstić information content (AvgIpc) is 2.86. The number of carbonyl (C=O) groups is 3. The van der Waals surface area contributed by atoms with Crippen LogP contribution in [0, 0.1) is 0 Å². The molecular formula is C21H33N3O9S3. The van der Waals surface area contributed by atoms with Crippen molar-refractivity contribution in [1.82, 2.24) is 13.7 Å². The van der Waals surface area contributed by atoms with E-state index < -0.39 is 35.0 Å². The van der Waals surface area contributed by atoms with E-state index in [1.807, 2.05) is 18.8 Å². The van der Waals surface area contributed by atoms with E-state index in [0.717, 1.165) is 13.7 Å². The van der Waals surface area contributed by atoms with Gasteiger partial charge in [0.15, 0.2) is 0 Å². The van der Waals surface area contributed by atoms with Gasteiger partial charge in [-0.05, 0) is 18.8 Å². The molecule has 204 valence electrons. The van der Waals surface area contributed by atoms with Gasteiger partial charge in [0.1, 0.15) is 19.8 Å². The van der Waals surface area contributed by atoms with Crippen LogP contribution in [-0.4, -0.2) is 87.5 Å². The third-order valence-electron chi connectivity index (χ3n) is 4.65. The van der Waals surface area contributed by atoms with Gasteiger partial charge in [-0.15, -0.1) is 0 Å². The molecule has 12 nitrogen and oxygen atoms in total. The normalized spacial score (nSPS) is 10.8. The molecule has 1 aromatic heterocycles. The van der Waals surface area contributed by atoms with E-state index in [4.69, 9.17) is 14.2 Å². The number of carbonyl (C=O) groups excluding carboxylic acids is 3. The summed E-state index contributed by atoms with van der Waals surface area (Å²) in [5, 5.41) is 0. The lowest BCUT2D eigenvalue weighted by Crippen LogP contribution is -2.55. The van der Waals surface area contributed by atoms with Crippen molar-refractivity contribution in [3.05, 3.63) is 31.5 Å². The highest BCUT2D eigenvalue weighted by Crippen LogP contribution is 1.99. The van der Waals surface area contributed by atoms with E-state index in [9.17, 15) is 28.8 Å². The molecule has 0 aliphatic heterocycles. The van der Waals surface area contributed by atoms with E-state index in [-0.39, 0.29) is 58.7 Å². The highest BCUT2D eigenvalue weighted by atomic mass is 32.2. The summed E-state index contributed by atoms with van der Waals surface area (Å²) in [4.78, 5) is 73.9. The zero-order chi connectivity index (χ0) is 26.9. The van der Waals surface area contributed by atoms with Crippen molar-refractivity contribution in [2.45, 2.75) is 38.9 Å². The molecule has 0 aromatic carbocycles. The summed E-state index contributed by atoms with van der Waals surface area (Å²) in [5.74, 6) is 0.298. The average molecular weight is 568 g/mol. The Morgan fingerprint density at radius 3 is 1.03 bits per heavy atom. The molecule has 0 saturated carbocycles. The van der Waals surface area contributed by atoms with Crippen LogP contribution in [0.4, 0.5) is 0 Å². The van der Waals surface area contributed by atoms with Gasteiger partial charge >= 0.3 is 35.0 Å². The SMILES string of the molecule is CSCCC(=O)OCCn1c(=O)n(CCOC(=O)CCSC)c(=O)n(CCOC(=O)CCSC)c1=O. The molecule has 0 fully saturated rings. The number of nitrogens with zero attached hydrogens (tertiary/aromatic N) is 3. The van der Waals surface area contributed by atoms with Gasteiger partial charge < -0.3 is 14.2 Å². The zero-order valence-electron chi connectivity index (χ0n) is 20.7. The van der Waals surface area contributed by atoms with Gasteiger partial charge in [0.05, 0.1) is 38.9 Å². The second-order valence-electron chi connectivity index (χ2n) is 7.19. The van der Waals surface area contributed by atoms with Crippen LogP contribution in [0.1, 0.15) is 19.3 Å². The second kappa shape index (κ2) is 18.2. The number of aromatic nitrogens is 3. The number of hydrogen-bond donors (Lipinski definition) is 0. The maximum absolute atomic E-state index is 12.9. The molecule has 1 aromatic rings. The molecule has 15 heteroatoms. The van der Waals surface area contributed by atoms with E-state index >= 15 is 0 Å². The van der Waals surface area contributed by atoms with Crippen LogP contribution >= 0.6 is 35.3 Å². The molecule has 0 atom stereocenters. The molecule has 0 aliphatic carbocycles. The van der Waals surface area contributed by atoms with Gasteiger partial charge in [-0.2, -0.15) is 35.3 Å². The Morgan fingerprint density at radius 2 is 0.806 bits per heavy atom. The van der Waals surface area contributed by atoms with Gasteiger partial charge in [-0.1, -0.05) is 0 Å². The van der Waals surface area contributed by atoms with Crippen molar-refractivity contribution >= 4 is 53.2 Å². The molecule has 0 spiro atoms. The van der Waals surface area contributed by atoms with Gasteiger partial charge in [-0.3, -0.25) is 14.4 Å². The van der Waals surface area contributed by atoms with Crippen molar-refractivity contribution in [3.63, 3.8) is 0 Å². The van der Waals surface area contributed by atoms with Crippen LogP contribution in [-0.2, 0) is 48.2 Å². The first kappa shape index (κ1) is 31.9. The van der Waals surface area contributed by atoms with Crippen molar-refractivity contribution in [3.8, 4) is 0 Å². The number of ether oxygens (including phenoxy) is 3. The number of hydrogen-bond acceptors (Lipinski definition) is 12. The Morgan fingerprint density at radius 1 is 0.556 bits per heavy atom. The molecule has 0 amide bonds. The summed E-state index contributed by atoms with van der Waals surface area (Å²) < 4.78 is 17.6. The summed E-state index contributed by atoms with van der Waals surface area (Å²) in [6.07, 6.45) is 6.09. The Labute approximate surface area is 221 Å². The lowest BCUT2D eigenvalue weighted by molar-refractivity contribution is -0.144. The minimum absolute atomic E-state index is 0.184. The fourth-order valence-corrected chi connectivity index (χ4v) is 3.89. The fraction of sp³-hybridized carbons (Fsp3) is 0.714. The number of esters is 3. The largest absolute Gasteiger partial charge is 0.464 e. The fourth-order valence-electron chi connectivity index (χ4n) is 2.78. The van der Waals surface area contributed by atoms with Gasteiger partial charge in [0.2, 0.25) is 0 Å². The molecule has 1 heterocycles. The van der Waals surface area contributed by atoms with E-state index in [2.05, 4.69) is 0 Å². The molecule has 0 unspecified atom stereocenters. The van der Waals surface area contributed by atoms with Gasteiger partial charge in [0.25, 0.3) is 0 Å². The summed E-state index contributed by atoms with van der Waals surface area (Å²) in [6, 6.07) is 0. The predicted octanol–water partition coefficient (Wildman–Crippen LogP) is 0.0606. The van der Waals surface area contributed by atoms with Crippen molar-refractivity contribution in [2.24, 2.45) is 0 Å². The second-order valence-corrected chi connectivity index (χ2v) is 10.1. The molecule has 0 aliphatic rings. The van der Waals surface area contributed by atoms with E-state index in [1.54, 1.807) is 0 Å². The smallest absolute Gasteiger partial charge is 0.336 e. The molecular weight excluding hydrogens is 534 g/mol. The Balaban J connectivity index is 3.07. The van der Waals surface area contributed by atoms with Crippen LogP contribution in [0.3, 0.4) is 0 Å². The van der Waals surface area contributed by atoms with Gasteiger partial charge in [-0.25, -0.2) is 28.1 Å². The van der Waals surface area contributed by atoms with Crippen molar-refractivity contribution < 1.29 is 28.6 Å². The highest BCUT2D eigenvalue weighted by Gasteiger charge is 2.17. The first-order valence-corrected chi connectivity index (χ1v) is 15.3. The Kier molecular flexibility index (Phi) is 16.1. The van der Waals surface area contributed by atoms with Crippen LogP contribution in [0.5, 0.6) is 0 Å². The van der Waals surface area contributed by atoms with Gasteiger partial charge in [0, 0.05) is 17.3 Å². The lowest BCUT2D eigenvalue weighted by Gasteiger charge is -2.14. The summed E-state index contributed by atoms with van der Waals surface area (Å²) >= 11 is 4.43. The predicted molar refractivity (Wildman–Crippen MR) is 141 cm³/mol. The van der Waals surface area contributed by atoms with Crippen molar-refractivity contribution in [1.29, 1.82) is 0 Å². The van der Waals surface area contributed by atoms with E-state index in [1.165, 1.54) is 35.3 Å². The molecule has 36 heavy (non-hydrogen) atoms. The first-order valence-electron chi connectivity index (χ1n) is 11.1. The first-order chi connectivity index (χ1) is 17.3. The number of rotatable bonds is 18. The van der Waals surface area contributed by atoms with Crippen LogP contribution in [0.25, 0.3) is 0 Å². The zero-order valence-corrected chi connectivity index (χ0v) is 23.2. The summed E-state index contributed by atoms with van der Waals surface area (Å²) in [5.41, 5.74) is -2.75. The molecule has 0 saturated heterocycles. The third-order valence-corrected chi connectivity index (χ3v) is 6.49. The quantitative estimate of drug-likeness (QED) is 0.175. The molecule has 0 radical (unpaired) electrons. The maximum atomic E-state index is 12.9. The standard InChI is InChI=1S/C21H33N3O9S3/c1-34-13-4-16(25)31-10-7-22-19(28)23(8-11-32-17(26)5-14-35-2)21(30)24(20(22)29)9-12-33-18(27)6-15-36-3/h4-15H2,1-3H3. The maximum Gasteiger partial charge on any atom is 0.336 e. The van der Waals surface area contributed by atoms with Crippen LogP contribution < -0.4 is 17.1 Å². The highest BCUT2D eigenvalue weighted by molar-refractivity contribution is 7.99. The van der Waals surface area contributed by atoms with Crippen molar-refractivity contribution in [2.75, 3.05) is 55.8 Å². The number of thioether (sulfide) groups is 3. The lowest BCUT2D eigenvalue weighted by atomic mass is 10.5. The monoisotopic (exact) mass is 567 g/mol. The Bertz CT molecular complexity index is 877. The summed E-state index contributed by atoms with van der Waals surface area (Å²) in [7, 11) is 0.